The van der Waals surface area contributed by atoms with Crippen molar-refractivity contribution in [2.45, 2.75) is 39.2 Å². The van der Waals surface area contributed by atoms with Crippen LogP contribution < -0.4 is 10.1 Å². The zero-order valence-corrected chi connectivity index (χ0v) is 14.0. The summed E-state index contributed by atoms with van der Waals surface area (Å²) in [4.78, 5) is 11.7. The van der Waals surface area contributed by atoms with E-state index in [1.165, 1.54) is 5.56 Å². The first kappa shape index (κ1) is 17.3. The Morgan fingerprint density at radius 2 is 2.13 bits per heavy atom. The fraction of sp³-hybridized carbons (Fsp3) is 0.500. The van der Waals surface area contributed by atoms with E-state index in [0.29, 0.717) is 6.54 Å². The van der Waals surface area contributed by atoms with Gasteiger partial charge < -0.3 is 19.9 Å². The molecular weight excluding hydrogens is 294 g/mol. The first-order chi connectivity index (χ1) is 10.9. The number of carbonyl (C=O) groups is 1. The zero-order valence-electron chi connectivity index (χ0n) is 14.0. The number of amides is 1. The van der Waals surface area contributed by atoms with E-state index >= 15 is 0 Å². The number of hydrogen-bond donors (Lipinski definition) is 2. The van der Waals surface area contributed by atoms with Crippen LogP contribution in [0.4, 0.5) is 4.79 Å². The number of carbonyl (C=O) groups excluding carboxylic acids is 1. The Balaban J connectivity index is 2.02. The van der Waals surface area contributed by atoms with Gasteiger partial charge in [0.2, 0.25) is 0 Å². The van der Waals surface area contributed by atoms with Crippen LogP contribution in [0.5, 0.6) is 5.75 Å². The lowest BCUT2D eigenvalue weighted by Gasteiger charge is -2.19. The van der Waals surface area contributed by atoms with Gasteiger partial charge in [0.15, 0.2) is 0 Å². The van der Waals surface area contributed by atoms with Crippen molar-refractivity contribution in [2.75, 3.05) is 19.8 Å². The molecule has 23 heavy (non-hydrogen) atoms. The maximum atomic E-state index is 11.7. The van der Waals surface area contributed by atoms with Gasteiger partial charge in [-0.1, -0.05) is 18.2 Å². The Hall–Kier alpha value is -2.01. The Labute approximate surface area is 137 Å². The molecule has 5 heteroatoms. The second-order valence-electron chi connectivity index (χ2n) is 6.47. The van der Waals surface area contributed by atoms with Gasteiger partial charge in [-0.25, -0.2) is 4.79 Å². The molecule has 1 aromatic rings. The molecule has 2 rings (SSSR count). The summed E-state index contributed by atoms with van der Waals surface area (Å²) in [5.74, 6) is 0.789. The predicted octanol–water partition coefficient (Wildman–Crippen LogP) is 2.91. The first-order valence-electron chi connectivity index (χ1n) is 7.92. The molecule has 126 valence electrons. The molecule has 0 saturated carbocycles. The number of benzene rings is 1. The summed E-state index contributed by atoms with van der Waals surface area (Å²) in [6.45, 7) is 6.19. The molecule has 1 aliphatic carbocycles. The first-order valence-corrected chi connectivity index (χ1v) is 7.92. The molecule has 0 bridgehead atoms. The largest absolute Gasteiger partial charge is 0.491 e. The molecular formula is C18H25NO4. The second kappa shape index (κ2) is 7.51. The highest BCUT2D eigenvalue weighted by Gasteiger charge is 2.20. The van der Waals surface area contributed by atoms with Crippen LogP contribution in [0.15, 0.2) is 24.3 Å². The van der Waals surface area contributed by atoms with Gasteiger partial charge in [-0.3, -0.25) is 0 Å². The molecule has 1 amide bonds. The standard InChI is InChI=1S/C18H25NO4/c1-18(2,3)23-17(21)19-10-9-14-8-7-13-5-4-6-15(16(13)14)22-12-11-20/h4-6,9,20H,7-8,10-12H2,1-3H3,(H,19,21)/b14-9+. The van der Waals surface area contributed by atoms with E-state index in [0.717, 1.165) is 29.7 Å². The SMILES string of the molecule is CC(C)(C)OC(=O)NC/C=C1\CCc2cccc(OCCO)c21. The van der Waals surface area contributed by atoms with E-state index in [2.05, 4.69) is 11.4 Å². The van der Waals surface area contributed by atoms with Crippen molar-refractivity contribution in [1.82, 2.24) is 5.32 Å². The van der Waals surface area contributed by atoms with Gasteiger partial charge in [-0.2, -0.15) is 0 Å². The lowest BCUT2D eigenvalue weighted by molar-refractivity contribution is 0.0534. The zero-order chi connectivity index (χ0) is 16.9. The van der Waals surface area contributed by atoms with Crippen LogP contribution in [0.2, 0.25) is 0 Å². The molecule has 0 fully saturated rings. The van der Waals surface area contributed by atoms with Crippen LogP contribution in [0.25, 0.3) is 5.57 Å². The predicted molar refractivity (Wildman–Crippen MR) is 89.6 cm³/mol. The number of aliphatic hydroxyl groups is 1. The average molecular weight is 319 g/mol. The third kappa shape index (κ3) is 4.99. The lowest BCUT2D eigenvalue weighted by atomic mass is 10.1. The smallest absolute Gasteiger partial charge is 0.407 e. The minimum Gasteiger partial charge on any atom is -0.491 e. The van der Waals surface area contributed by atoms with Crippen LogP contribution in [0.1, 0.15) is 38.3 Å². The normalized spacial score (nSPS) is 15.4. The summed E-state index contributed by atoms with van der Waals surface area (Å²) in [7, 11) is 0. The van der Waals surface area contributed by atoms with Gasteiger partial charge >= 0.3 is 6.09 Å². The molecule has 0 radical (unpaired) electrons. The third-order valence-corrected chi connectivity index (χ3v) is 3.44. The van der Waals surface area contributed by atoms with Gasteiger partial charge in [0.1, 0.15) is 18.0 Å². The van der Waals surface area contributed by atoms with Gasteiger partial charge in [0.25, 0.3) is 0 Å². The van der Waals surface area contributed by atoms with Crippen molar-refractivity contribution in [1.29, 1.82) is 0 Å². The summed E-state index contributed by atoms with van der Waals surface area (Å²) in [6.07, 6.45) is 3.47. The van der Waals surface area contributed by atoms with E-state index in [1.807, 2.05) is 39.0 Å². The number of hydrogen-bond acceptors (Lipinski definition) is 4. The lowest BCUT2D eigenvalue weighted by Crippen LogP contribution is -2.32. The number of aliphatic hydroxyl groups excluding tert-OH is 1. The average Bonchev–Trinajstić information content (AvgIpc) is 2.87. The number of fused-ring (bicyclic) bond motifs is 1. The molecule has 5 nitrogen and oxygen atoms in total. The number of ether oxygens (including phenoxy) is 2. The molecule has 1 aliphatic rings. The van der Waals surface area contributed by atoms with Crippen molar-refractivity contribution in [2.24, 2.45) is 0 Å². The topological polar surface area (TPSA) is 67.8 Å². The third-order valence-electron chi connectivity index (χ3n) is 3.44. The Morgan fingerprint density at radius 3 is 2.83 bits per heavy atom. The van der Waals surface area contributed by atoms with Gasteiger partial charge in [-0.05, 0) is 50.8 Å². The van der Waals surface area contributed by atoms with Crippen molar-refractivity contribution < 1.29 is 19.4 Å². The minimum atomic E-state index is -0.498. The molecule has 0 heterocycles. The molecule has 0 unspecified atom stereocenters. The van der Waals surface area contributed by atoms with Crippen LogP contribution in [-0.4, -0.2) is 36.6 Å². The molecule has 0 aliphatic heterocycles. The highest BCUT2D eigenvalue weighted by atomic mass is 16.6. The minimum absolute atomic E-state index is 0.0110. The van der Waals surface area contributed by atoms with E-state index < -0.39 is 11.7 Å². The number of rotatable bonds is 5. The van der Waals surface area contributed by atoms with Crippen LogP contribution in [-0.2, 0) is 11.2 Å². The van der Waals surface area contributed by atoms with E-state index in [9.17, 15) is 4.79 Å². The second-order valence-corrected chi connectivity index (χ2v) is 6.47. The highest BCUT2D eigenvalue weighted by molar-refractivity contribution is 5.77. The van der Waals surface area contributed by atoms with E-state index in [-0.39, 0.29) is 13.2 Å². The maximum Gasteiger partial charge on any atom is 0.407 e. The Kier molecular flexibility index (Phi) is 5.66. The Morgan fingerprint density at radius 1 is 1.35 bits per heavy atom. The number of aryl methyl sites for hydroxylation is 1. The Bertz CT molecular complexity index is 587. The van der Waals surface area contributed by atoms with Crippen LogP contribution in [0.3, 0.4) is 0 Å². The quantitative estimate of drug-likeness (QED) is 0.875. The number of nitrogens with one attached hydrogen (secondary N) is 1. The van der Waals surface area contributed by atoms with Crippen molar-refractivity contribution in [3.8, 4) is 5.75 Å². The van der Waals surface area contributed by atoms with Crippen LogP contribution in [0, 0.1) is 0 Å². The van der Waals surface area contributed by atoms with Crippen LogP contribution >= 0.6 is 0 Å². The highest BCUT2D eigenvalue weighted by Crippen LogP contribution is 2.38. The van der Waals surface area contributed by atoms with E-state index in [4.69, 9.17) is 14.6 Å². The monoisotopic (exact) mass is 319 g/mol. The summed E-state index contributed by atoms with van der Waals surface area (Å²) in [6, 6.07) is 5.96. The fourth-order valence-electron chi connectivity index (χ4n) is 2.60. The van der Waals surface area contributed by atoms with Crippen molar-refractivity contribution >= 4 is 11.7 Å². The molecule has 0 aromatic heterocycles. The maximum absolute atomic E-state index is 11.7. The molecule has 0 saturated heterocycles. The summed E-state index contributed by atoms with van der Waals surface area (Å²) in [5.41, 5.74) is 2.99. The van der Waals surface area contributed by atoms with E-state index in [1.54, 1.807) is 0 Å². The number of alkyl carbamates (subject to hydrolysis) is 1. The summed E-state index contributed by atoms with van der Waals surface area (Å²) < 4.78 is 10.8. The molecule has 0 atom stereocenters. The van der Waals surface area contributed by atoms with Gasteiger partial charge in [-0.15, -0.1) is 0 Å². The van der Waals surface area contributed by atoms with Crippen molar-refractivity contribution in [3.63, 3.8) is 0 Å². The summed E-state index contributed by atoms with van der Waals surface area (Å²) in [5, 5.41) is 11.7. The fourth-order valence-corrected chi connectivity index (χ4v) is 2.60. The summed E-state index contributed by atoms with van der Waals surface area (Å²) >= 11 is 0. The molecule has 2 N–H and O–H groups in total. The van der Waals surface area contributed by atoms with Crippen molar-refractivity contribution in [3.05, 3.63) is 35.4 Å². The van der Waals surface area contributed by atoms with Gasteiger partial charge in [0, 0.05) is 12.1 Å². The molecule has 0 spiro atoms. The molecule has 1 aromatic carbocycles. The number of allylic oxidation sites excluding steroid dienone is 1. The van der Waals surface area contributed by atoms with Gasteiger partial charge in [0.05, 0.1) is 6.61 Å².